The molecule has 4 rings (SSSR count). The van der Waals surface area contributed by atoms with Gasteiger partial charge in [-0.2, -0.15) is 0 Å². The summed E-state index contributed by atoms with van der Waals surface area (Å²) >= 11 is 3.37. The standard InChI is InChI=1S/C24H23BrN4O/c1-29(2)19-9-7-16(8-10-19)21(22-15-27-23-6-4-3-5-20(22)23)14-28-24(30)17-11-18(25)13-26-12-17/h3-13,15,21,27H,14H2,1-2H3,(H,28,30). The van der Waals surface area contributed by atoms with E-state index < -0.39 is 0 Å². The zero-order chi connectivity index (χ0) is 21.1. The van der Waals surface area contributed by atoms with Crippen LogP contribution in [0, 0.1) is 0 Å². The van der Waals surface area contributed by atoms with E-state index in [2.05, 4.69) is 72.5 Å². The molecular formula is C24H23BrN4O. The fourth-order valence-corrected chi connectivity index (χ4v) is 3.99. The molecule has 0 aliphatic rings. The number of nitrogens with zero attached hydrogens (tertiary/aromatic N) is 2. The van der Waals surface area contributed by atoms with E-state index in [1.54, 1.807) is 18.5 Å². The molecule has 0 saturated heterocycles. The van der Waals surface area contributed by atoms with Crippen LogP contribution in [-0.2, 0) is 0 Å². The lowest BCUT2D eigenvalue weighted by atomic mass is 9.90. The molecule has 0 aliphatic carbocycles. The first-order valence-corrected chi connectivity index (χ1v) is 10.5. The minimum Gasteiger partial charge on any atom is -0.378 e. The minimum absolute atomic E-state index is 0.0152. The van der Waals surface area contributed by atoms with Crippen molar-refractivity contribution in [2.75, 3.05) is 25.5 Å². The Balaban J connectivity index is 1.66. The average Bonchev–Trinajstić information content (AvgIpc) is 3.18. The summed E-state index contributed by atoms with van der Waals surface area (Å²) in [7, 11) is 4.05. The third-order valence-corrected chi connectivity index (χ3v) is 5.68. The number of hydrogen-bond acceptors (Lipinski definition) is 3. The molecule has 1 amide bonds. The highest BCUT2D eigenvalue weighted by Crippen LogP contribution is 2.31. The molecule has 0 radical (unpaired) electrons. The van der Waals surface area contributed by atoms with Gasteiger partial charge in [0.15, 0.2) is 0 Å². The van der Waals surface area contributed by atoms with Crippen molar-refractivity contribution in [1.82, 2.24) is 15.3 Å². The maximum Gasteiger partial charge on any atom is 0.252 e. The van der Waals surface area contributed by atoms with Crippen LogP contribution in [0.4, 0.5) is 5.69 Å². The number of aromatic nitrogens is 2. The quantitative estimate of drug-likeness (QED) is 0.425. The fraction of sp³-hybridized carbons (Fsp3) is 0.167. The van der Waals surface area contributed by atoms with Crippen LogP contribution in [0.15, 0.2) is 77.7 Å². The number of carbonyl (C=O) groups excluding carboxylic acids is 1. The number of hydrogen-bond donors (Lipinski definition) is 2. The second kappa shape index (κ2) is 8.71. The Bertz CT molecular complexity index is 1170. The van der Waals surface area contributed by atoms with Crippen LogP contribution in [0.5, 0.6) is 0 Å². The summed E-state index contributed by atoms with van der Waals surface area (Å²) in [5, 5.41) is 4.26. The average molecular weight is 463 g/mol. The molecule has 6 heteroatoms. The molecule has 2 heterocycles. The number of aromatic amines is 1. The summed E-state index contributed by atoms with van der Waals surface area (Å²) < 4.78 is 0.780. The van der Waals surface area contributed by atoms with E-state index in [0.29, 0.717) is 12.1 Å². The second-order valence-corrected chi connectivity index (χ2v) is 8.35. The Labute approximate surface area is 184 Å². The Morgan fingerprint density at radius 3 is 2.63 bits per heavy atom. The Morgan fingerprint density at radius 2 is 1.90 bits per heavy atom. The van der Waals surface area contributed by atoms with E-state index >= 15 is 0 Å². The number of pyridine rings is 1. The van der Waals surface area contributed by atoms with E-state index in [1.807, 2.05) is 32.4 Å². The minimum atomic E-state index is -0.140. The van der Waals surface area contributed by atoms with Crippen molar-refractivity contribution in [3.05, 3.63) is 94.4 Å². The van der Waals surface area contributed by atoms with Crippen molar-refractivity contribution >= 4 is 38.4 Å². The maximum absolute atomic E-state index is 12.7. The van der Waals surface area contributed by atoms with Crippen LogP contribution in [0.25, 0.3) is 10.9 Å². The van der Waals surface area contributed by atoms with Crippen molar-refractivity contribution in [3.63, 3.8) is 0 Å². The van der Waals surface area contributed by atoms with Crippen molar-refractivity contribution < 1.29 is 4.79 Å². The molecule has 0 bridgehead atoms. The number of rotatable bonds is 6. The van der Waals surface area contributed by atoms with E-state index in [4.69, 9.17) is 0 Å². The molecule has 1 unspecified atom stereocenters. The summed E-state index contributed by atoms with van der Waals surface area (Å²) in [6, 6.07) is 18.5. The van der Waals surface area contributed by atoms with Gasteiger partial charge in [-0.05, 0) is 51.3 Å². The van der Waals surface area contributed by atoms with Crippen molar-refractivity contribution in [1.29, 1.82) is 0 Å². The van der Waals surface area contributed by atoms with Gasteiger partial charge in [-0.3, -0.25) is 9.78 Å². The molecule has 0 fully saturated rings. The topological polar surface area (TPSA) is 61.0 Å². The van der Waals surface area contributed by atoms with Gasteiger partial charge in [0, 0.05) is 66.2 Å². The lowest BCUT2D eigenvalue weighted by molar-refractivity contribution is 0.0952. The van der Waals surface area contributed by atoms with Gasteiger partial charge in [-0.15, -0.1) is 0 Å². The number of fused-ring (bicyclic) bond motifs is 1. The first-order valence-electron chi connectivity index (χ1n) is 9.75. The Hall–Kier alpha value is -3.12. The number of halogens is 1. The fourth-order valence-electron chi connectivity index (χ4n) is 3.63. The van der Waals surface area contributed by atoms with Crippen LogP contribution in [-0.4, -0.2) is 36.5 Å². The number of para-hydroxylation sites is 1. The van der Waals surface area contributed by atoms with Gasteiger partial charge >= 0.3 is 0 Å². The molecular weight excluding hydrogens is 440 g/mol. The number of amides is 1. The van der Waals surface area contributed by atoms with E-state index in [-0.39, 0.29) is 11.8 Å². The van der Waals surface area contributed by atoms with Crippen LogP contribution in [0.1, 0.15) is 27.4 Å². The highest BCUT2D eigenvalue weighted by Gasteiger charge is 2.20. The van der Waals surface area contributed by atoms with E-state index in [1.165, 1.54) is 0 Å². The SMILES string of the molecule is CN(C)c1ccc(C(CNC(=O)c2cncc(Br)c2)c2c[nH]c3ccccc23)cc1. The largest absolute Gasteiger partial charge is 0.378 e. The second-order valence-electron chi connectivity index (χ2n) is 7.43. The number of H-pyrrole nitrogens is 1. The summed E-state index contributed by atoms with van der Waals surface area (Å²) in [5.41, 5.74) is 5.07. The van der Waals surface area contributed by atoms with Gasteiger partial charge < -0.3 is 15.2 Å². The predicted octanol–water partition coefficient (Wildman–Crippen LogP) is 4.95. The van der Waals surface area contributed by atoms with Crippen molar-refractivity contribution in [3.8, 4) is 0 Å². The van der Waals surface area contributed by atoms with Gasteiger partial charge in [0.05, 0.1) is 5.56 Å². The molecule has 0 aliphatic heterocycles. The number of benzene rings is 2. The number of nitrogens with one attached hydrogen (secondary N) is 2. The summed E-state index contributed by atoms with van der Waals surface area (Å²) in [6.07, 6.45) is 5.28. The predicted molar refractivity (Wildman–Crippen MR) is 125 cm³/mol. The smallest absolute Gasteiger partial charge is 0.252 e. The molecule has 2 aromatic carbocycles. The van der Waals surface area contributed by atoms with Gasteiger partial charge in [-0.1, -0.05) is 30.3 Å². The maximum atomic E-state index is 12.7. The third-order valence-electron chi connectivity index (χ3n) is 5.24. The van der Waals surface area contributed by atoms with Gasteiger partial charge in [-0.25, -0.2) is 0 Å². The highest BCUT2D eigenvalue weighted by molar-refractivity contribution is 9.10. The van der Waals surface area contributed by atoms with Crippen molar-refractivity contribution in [2.45, 2.75) is 5.92 Å². The van der Waals surface area contributed by atoms with Gasteiger partial charge in [0.2, 0.25) is 0 Å². The first kappa shape index (κ1) is 20.2. The molecule has 1 atom stereocenters. The zero-order valence-corrected chi connectivity index (χ0v) is 18.5. The molecule has 30 heavy (non-hydrogen) atoms. The normalized spacial score (nSPS) is 12.0. The highest BCUT2D eigenvalue weighted by atomic mass is 79.9. The summed E-state index contributed by atoms with van der Waals surface area (Å²) in [4.78, 5) is 22.2. The van der Waals surface area contributed by atoms with Crippen LogP contribution >= 0.6 is 15.9 Å². The lowest BCUT2D eigenvalue weighted by Crippen LogP contribution is -2.29. The van der Waals surface area contributed by atoms with Crippen LogP contribution in [0.2, 0.25) is 0 Å². The van der Waals surface area contributed by atoms with Crippen LogP contribution in [0.3, 0.4) is 0 Å². The molecule has 0 saturated carbocycles. The summed E-state index contributed by atoms with van der Waals surface area (Å²) in [6.45, 7) is 0.481. The molecule has 5 nitrogen and oxygen atoms in total. The Morgan fingerprint density at radius 1 is 1.13 bits per heavy atom. The lowest BCUT2D eigenvalue weighted by Gasteiger charge is -2.20. The summed E-state index contributed by atoms with van der Waals surface area (Å²) in [5.74, 6) is -0.125. The van der Waals surface area contributed by atoms with E-state index in [9.17, 15) is 4.79 Å². The third kappa shape index (κ3) is 4.24. The monoisotopic (exact) mass is 462 g/mol. The zero-order valence-electron chi connectivity index (χ0n) is 16.9. The van der Waals surface area contributed by atoms with E-state index in [0.717, 1.165) is 32.2 Å². The number of carbonyl (C=O) groups is 1. The molecule has 0 spiro atoms. The van der Waals surface area contributed by atoms with Gasteiger partial charge in [0.25, 0.3) is 5.91 Å². The molecule has 2 aromatic heterocycles. The molecule has 4 aromatic rings. The van der Waals surface area contributed by atoms with Crippen LogP contribution < -0.4 is 10.2 Å². The van der Waals surface area contributed by atoms with Crippen molar-refractivity contribution in [2.24, 2.45) is 0 Å². The van der Waals surface area contributed by atoms with Gasteiger partial charge in [0.1, 0.15) is 0 Å². The molecule has 2 N–H and O–H groups in total. The Kier molecular flexibility index (Phi) is 5.86. The number of anilines is 1. The first-order chi connectivity index (χ1) is 14.5. The molecule has 152 valence electrons.